The molecule has 1 heterocycles. The predicted octanol–water partition coefficient (Wildman–Crippen LogP) is 0.879. The van der Waals surface area contributed by atoms with Gasteiger partial charge < -0.3 is 19.9 Å². The Kier molecular flexibility index (Phi) is 6.60. The second-order valence-corrected chi connectivity index (χ2v) is 6.97. The molecule has 0 radical (unpaired) electrons. The number of nitrogens with zero attached hydrogens (tertiary/aromatic N) is 1. The maximum Gasteiger partial charge on any atom is 0.279 e. The first-order valence-electron chi connectivity index (χ1n) is 9.36. The van der Waals surface area contributed by atoms with Crippen LogP contribution in [0.25, 0.3) is 0 Å². The number of amides is 2. The van der Waals surface area contributed by atoms with Crippen LogP contribution in [0.15, 0.2) is 48.5 Å². The van der Waals surface area contributed by atoms with Crippen molar-refractivity contribution in [2.45, 2.75) is 6.92 Å². The lowest BCUT2D eigenvalue weighted by molar-refractivity contribution is -0.895. The summed E-state index contributed by atoms with van der Waals surface area (Å²) in [6.07, 6.45) is 0. The third-order valence-corrected chi connectivity index (χ3v) is 4.73. The van der Waals surface area contributed by atoms with Crippen LogP contribution in [0.2, 0.25) is 0 Å². The fourth-order valence-electron chi connectivity index (χ4n) is 3.12. The Bertz CT molecular complexity index is 818. The van der Waals surface area contributed by atoms with Crippen LogP contribution < -0.4 is 15.0 Å². The van der Waals surface area contributed by atoms with Crippen LogP contribution in [0.1, 0.15) is 5.56 Å². The highest BCUT2D eigenvalue weighted by Gasteiger charge is 2.25. The van der Waals surface area contributed by atoms with Crippen molar-refractivity contribution in [3.05, 3.63) is 59.9 Å². The van der Waals surface area contributed by atoms with Crippen LogP contribution in [0.3, 0.4) is 0 Å². The molecule has 2 amide bonds. The van der Waals surface area contributed by atoms with E-state index in [1.807, 2.05) is 31.2 Å². The molecule has 0 spiro atoms. The van der Waals surface area contributed by atoms with E-state index in [9.17, 15) is 14.0 Å². The Morgan fingerprint density at radius 2 is 1.86 bits per heavy atom. The number of nitrogens with one attached hydrogen (secondary N) is 2. The lowest BCUT2D eigenvalue weighted by Gasteiger charge is -2.31. The van der Waals surface area contributed by atoms with Crippen LogP contribution in [0, 0.1) is 12.7 Å². The lowest BCUT2D eigenvalue weighted by atomic mass is 10.2. The summed E-state index contributed by atoms with van der Waals surface area (Å²) in [5.74, 6) is 0.0780. The SMILES string of the molecule is Cc1ccc(OCC(=O)N2CC[NH+](CC(=O)Nc3cccc(F)c3)CC2)cc1. The summed E-state index contributed by atoms with van der Waals surface area (Å²) in [5.41, 5.74) is 1.59. The molecule has 6 nitrogen and oxygen atoms in total. The van der Waals surface area contributed by atoms with Gasteiger partial charge in [0, 0.05) is 5.69 Å². The maximum atomic E-state index is 13.2. The molecule has 2 aromatic carbocycles. The minimum absolute atomic E-state index is 0.0124. The van der Waals surface area contributed by atoms with Gasteiger partial charge in [-0.1, -0.05) is 23.8 Å². The number of rotatable bonds is 6. The number of hydrogen-bond donors (Lipinski definition) is 2. The Hall–Kier alpha value is -2.93. The third kappa shape index (κ3) is 5.79. The Morgan fingerprint density at radius 3 is 2.54 bits per heavy atom. The molecule has 1 aliphatic rings. The van der Waals surface area contributed by atoms with Crippen LogP contribution >= 0.6 is 0 Å². The zero-order chi connectivity index (χ0) is 19.9. The van der Waals surface area contributed by atoms with Crippen molar-refractivity contribution in [3.63, 3.8) is 0 Å². The van der Waals surface area contributed by atoms with Crippen molar-refractivity contribution in [1.29, 1.82) is 0 Å². The van der Waals surface area contributed by atoms with Crippen molar-refractivity contribution in [3.8, 4) is 5.75 Å². The smallest absolute Gasteiger partial charge is 0.279 e. The van der Waals surface area contributed by atoms with Gasteiger partial charge in [-0.25, -0.2) is 4.39 Å². The normalized spacial score (nSPS) is 14.6. The van der Waals surface area contributed by atoms with Crippen molar-refractivity contribution in [1.82, 2.24) is 4.90 Å². The van der Waals surface area contributed by atoms with Crippen LogP contribution in [-0.4, -0.2) is 56.0 Å². The van der Waals surface area contributed by atoms with Gasteiger partial charge >= 0.3 is 0 Å². The third-order valence-electron chi connectivity index (χ3n) is 4.73. The molecule has 1 aliphatic heterocycles. The predicted molar refractivity (Wildman–Crippen MR) is 104 cm³/mol. The Labute approximate surface area is 163 Å². The van der Waals surface area contributed by atoms with E-state index < -0.39 is 0 Å². The maximum absolute atomic E-state index is 13.2. The van der Waals surface area contributed by atoms with E-state index >= 15 is 0 Å². The van der Waals surface area contributed by atoms with E-state index in [1.54, 1.807) is 17.0 Å². The average molecular weight is 386 g/mol. The molecule has 0 saturated carbocycles. The molecule has 0 bridgehead atoms. The minimum atomic E-state index is -0.384. The topological polar surface area (TPSA) is 63.1 Å². The number of quaternary nitrogens is 1. The average Bonchev–Trinajstić information content (AvgIpc) is 2.68. The number of piperazine rings is 1. The molecular weight excluding hydrogens is 361 g/mol. The van der Waals surface area contributed by atoms with E-state index in [1.165, 1.54) is 12.1 Å². The Balaban J connectivity index is 1.39. The number of hydrogen-bond acceptors (Lipinski definition) is 3. The van der Waals surface area contributed by atoms with Gasteiger partial charge in [-0.3, -0.25) is 9.59 Å². The molecule has 0 aromatic heterocycles. The number of benzene rings is 2. The molecule has 1 saturated heterocycles. The van der Waals surface area contributed by atoms with Gasteiger partial charge in [-0.2, -0.15) is 0 Å². The van der Waals surface area contributed by atoms with E-state index in [0.717, 1.165) is 10.5 Å². The van der Waals surface area contributed by atoms with Crippen LogP contribution in [-0.2, 0) is 9.59 Å². The van der Waals surface area contributed by atoms with Gasteiger partial charge in [0.25, 0.3) is 11.8 Å². The summed E-state index contributed by atoms with van der Waals surface area (Å²) < 4.78 is 18.7. The number of anilines is 1. The first kappa shape index (κ1) is 19.8. The summed E-state index contributed by atoms with van der Waals surface area (Å²) in [7, 11) is 0. The zero-order valence-corrected chi connectivity index (χ0v) is 15.9. The van der Waals surface area contributed by atoms with E-state index in [2.05, 4.69) is 5.32 Å². The second kappa shape index (κ2) is 9.32. The van der Waals surface area contributed by atoms with Crippen molar-refractivity contribution < 1.29 is 23.6 Å². The fraction of sp³-hybridized carbons (Fsp3) is 0.333. The summed E-state index contributed by atoms with van der Waals surface area (Å²) in [4.78, 5) is 27.3. The second-order valence-electron chi connectivity index (χ2n) is 6.97. The van der Waals surface area contributed by atoms with Crippen molar-refractivity contribution in [2.75, 3.05) is 44.6 Å². The standard InChI is InChI=1S/C21H24FN3O3/c1-16-5-7-19(8-6-16)28-15-21(27)25-11-9-24(10-12-25)14-20(26)23-18-4-2-3-17(22)13-18/h2-8,13H,9-12,14-15H2,1H3,(H,23,26)/p+1. The fourth-order valence-corrected chi connectivity index (χ4v) is 3.12. The molecule has 2 aromatic rings. The van der Waals surface area contributed by atoms with E-state index in [-0.39, 0.29) is 24.2 Å². The number of aryl methyl sites for hydroxylation is 1. The molecule has 0 unspecified atom stereocenters. The molecule has 7 heteroatoms. The molecule has 148 valence electrons. The van der Waals surface area contributed by atoms with Gasteiger partial charge in [0.05, 0.1) is 26.2 Å². The first-order valence-corrected chi connectivity index (χ1v) is 9.36. The molecule has 28 heavy (non-hydrogen) atoms. The quantitative estimate of drug-likeness (QED) is 0.775. The number of halogens is 1. The number of carbonyl (C=O) groups excluding carboxylic acids is 2. The van der Waals surface area contributed by atoms with Crippen molar-refractivity contribution in [2.24, 2.45) is 0 Å². The summed E-state index contributed by atoms with van der Waals surface area (Å²) in [5, 5.41) is 2.71. The minimum Gasteiger partial charge on any atom is -0.484 e. The summed E-state index contributed by atoms with van der Waals surface area (Å²) in [6.45, 7) is 4.84. The van der Waals surface area contributed by atoms with E-state index in [4.69, 9.17) is 4.74 Å². The molecule has 0 aliphatic carbocycles. The van der Waals surface area contributed by atoms with Gasteiger partial charge in [0.15, 0.2) is 13.2 Å². The van der Waals surface area contributed by atoms with Gasteiger partial charge in [-0.05, 0) is 37.3 Å². The van der Waals surface area contributed by atoms with Gasteiger partial charge in [-0.15, -0.1) is 0 Å². The zero-order valence-electron chi connectivity index (χ0n) is 15.9. The lowest BCUT2D eigenvalue weighted by Crippen LogP contribution is -3.15. The molecule has 1 fully saturated rings. The molecule has 0 atom stereocenters. The number of carbonyl (C=O) groups is 2. The van der Waals surface area contributed by atoms with E-state index in [0.29, 0.717) is 44.2 Å². The first-order chi connectivity index (χ1) is 13.5. The van der Waals surface area contributed by atoms with Gasteiger partial charge in [0.1, 0.15) is 11.6 Å². The van der Waals surface area contributed by atoms with Crippen LogP contribution in [0.4, 0.5) is 10.1 Å². The Morgan fingerprint density at radius 1 is 1.14 bits per heavy atom. The highest BCUT2D eigenvalue weighted by atomic mass is 19.1. The summed E-state index contributed by atoms with van der Waals surface area (Å²) >= 11 is 0. The van der Waals surface area contributed by atoms with Crippen molar-refractivity contribution >= 4 is 17.5 Å². The molecular formula is C21H25FN3O3+. The van der Waals surface area contributed by atoms with Crippen LogP contribution in [0.5, 0.6) is 5.75 Å². The highest BCUT2D eigenvalue weighted by Crippen LogP contribution is 2.11. The summed E-state index contributed by atoms with van der Waals surface area (Å²) in [6, 6.07) is 13.4. The van der Waals surface area contributed by atoms with Gasteiger partial charge in [0.2, 0.25) is 0 Å². The number of ether oxygens (including phenoxy) is 1. The molecule has 3 rings (SSSR count). The molecule has 2 N–H and O–H groups in total. The monoisotopic (exact) mass is 386 g/mol. The highest BCUT2D eigenvalue weighted by molar-refractivity contribution is 5.91. The largest absolute Gasteiger partial charge is 0.484 e.